The third-order valence-corrected chi connectivity index (χ3v) is 4.55. The van der Waals surface area contributed by atoms with Crippen LogP contribution in [0.15, 0.2) is 24.3 Å². The van der Waals surface area contributed by atoms with E-state index in [1.165, 1.54) is 0 Å². The number of ether oxygens (including phenoxy) is 1. The van der Waals surface area contributed by atoms with Crippen LogP contribution in [0.2, 0.25) is 0 Å². The zero-order valence-electron chi connectivity index (χ0n) is 14.2. The Balaban J connectivity index is 1.97. The molecular weight excluding hydrogens is 290 g/mol. The largest absolute Gasteiger partial charge is 0.377 e. The molecule has 2 heterocycles. The Hall–Kier alpha value is -2.14. The molecule has 122 valence electrons. The SMILES string of the molecule is Cc1cccc(C(=O)N2CCOCC2c2c(C)nn(C)c2C)c1. The molecule has 1 aromatic carbocycles. The number of carbonyl (C=O) groups is 1. The lowest BCUT2D eigenvalue weighted by Crippen LogP contribution is -2.43. The van der Waals surface area contributed by atoms with Crippen molar-refractivity contribution in [1.29, 1.82) is 0 Å². The van der Waals surface area contributed by atoms with Crippen LogP contribution in [0.4, 0.5) is 0 Å². The predicted molar refractivity (Wildman–Crippen MR) is 88.5 cm³/mol. The van der Waals surface area contributed by atoms with Gasteiger partial charge in [-0.25, -0.2) is 0 Å². The normalized spacial score (nSPS) is 18.3. The summed E-state index contributed by atoms with van der Waals surface area (Å²) in [5, 5.41) is 4.49. The van der Waals surface area contributed by atoms with Crippen LogP contribution >= 0.6 is 0 Å². The molecule has 1 aliphatic rings. The Morgan fingerprint density at radius 2 is 2.09 bits per heavy atom. The van der Waals surface area contributed by atoms with Gasteiger partial charge in [0.05, 0.1) is 24.9 Å². The van der Waals surface area contributed by atoms with E-state index in [0.29, 0.717) is 19.8 Å². The third-order valence-electron chi connectivity index (χ3n) is 4.55. The standard InChI is InChI=1S/C18H23N3O2/c1-12-6-5-7-15(10-12)18(22)21-8-9-23-11-16(21)17-13(2)19-20(4)14(17)3/h5-7,10,16H,8-9,11H2,1-4H3. The molecule has 1 aromatic heterocycles. The molecule has 3 rings (SSSR count). The van der Waals surface area contributed by atoms with E-state index in [1.54, 1.807) is 0 Å². The molecule has 1 atom stereocenters. The van der Waals surface area contributed by atoms with E-state index >= 15 is 0 Å². The minimum atomic E-state index is -0.0783. The van der Waals surface area contributed by atoms with E-state index in [4.69, 9.17) is 4.74 Å². The van der Waals surface area contributed by atoms with Gasteiger partial charge < -0.3 is 9.64 Å². The Kier molecular flexibility index (Phi) is 4.22. The lowest BCUT2D eigenvalue weighted by atomic mass is 10.0. The van der Waals surface area contributed by atoms with Crippen LogP contribution in [-0.4, -0.2) is 40.3 Å². The first kappa shape index (κ1) is 15.7. The van der Waals surface area contributed by atoms with Crippen LogP contribution in [0, 0.1) is 20.8 Å². The van der Waals surface area contributed by atoms with Gasteiger partial charge in [0, 0.05) is 30.4 Å². The number of morpholine rings is 1. The van der Waals surface area contributed by atoms with Gasteiger partial charge in [0.1, 0.15) is 0 Å². The summed E-state index contributed by atoms with van der Waals surface area (Å²) in [6, 6.07) is 7.68. The van der Waals surface area contributed by atoms with Crippen molar-refractivity contribution in [3.63, 3.8) is 0 Å². The van der Waals surface area contributed by atoms with Gasteiger partial charge in [-0.1, -0.05) is 17.7 Å². The molecule has 5 nitrogen and oxygen atoms in total. The molecule has 1 aliphatic heterocycles. The molecule has 0 spiro atoms. The molecular formula is C18H23N3O2. The average Bonchev–Trinajstić information content (AvgIpc) is 2.79. The zero-order valence-corrected chi connectivity index (χ0v) is 14.2. The Morgan fingerprint density at radius 1 is 1.30 bits per heavy atom. The van der Waals surface area contributed by atoms with Gasteiger partial charge in [-0.3, -0.25) is 9.48 Å². The number of nitrogens with zero attached hydrogens (tertiary/aromatic N) is 3. The van der Waals surface area contributed by atoms with Gasteiger partial charge in [0.2, 0.25) is 0 Å². The van der Waals surface area contributed by atoms with E-state index in [9.17, 15) is 4.79 Å². The van der Waals surface area contributed by atoms with Crippen LogP contribution in [-0.2, 0) is 11.8 Å². The highest BCUT2D eigenvalue weighted by molar-refractivity contribution is 5.94. The fraction of sp³-hybridized carbons (Fsp3) is 0.444. The third kappa shape index (κ3) is 2.88. The van der Waals surface area contributed by atoms with Crippen molar-refractivity contribution in [2.45, 2.75) is 26.8 Å². The molecule has 0 bridgehead atoms. The summed E-state index contributed by atoms with van der Waals surface area (Å²) in [5.41, 5.74) is 4.97. The van der Waals surface area contributed by atoms with E-state index in [-0.39, 0.29) is 11.9 Å². The van der Waals surface area contributed by atoms with E-state index in [1.807, 2.05) is 61.7 Å². The minimum Gasteiger partial charge on any atom is -0.377 e. The van der Waals surface area contributed by atoms with E-state index in [0.717, 1.165) is 28.1 Å². The molecule has 5 heteroatoms. The van der Waals surface area contributed by atoms with Crippen LogP contribution in [0.1, 0.15) is 38.9 Å². The first-order valence-corrected chi connectivity index (χ1v) is 7.94. The summed E-state index contributed by atoms with van der Waals surface area (Å²) in [4.78, 5) is 14.9. The second-order valence-corrected chi connectivity index (χ2v) is 6.17. The van der Waals surface area contributed by atoms with Crippen LogP contribution in [0.25, 0.3) is 0 Å². The average molecular weight is 313 g/mol. The quantitative estimate of drug-likeness (QED) is 0.856. The summed E-state index contributed by atoms with van der Waals surface area (Å²) < 4.78 is 7.53. The fourth-order valence-electron chi connectivity index (χ4n) is 3.30. The highest BCUT2D eigenvalue weighted by atomic mass is 16.5. The molecule has 0 aliphatic carbocycles. The second-order valence-electron chi connectivity index (χ2n) is 6.17. The van der Waals surface area contributed by atoms with Crippen molar-refractivity contribution in [2.24, 2.45) is 7.05 Å². The molecule has 0 radical (unpaired) electrons. The number of aromatic nitrogens is 2. The number of rotatable bonds is 2. The number of aryl methyl sites for hydroxylation is 3. The van der Waals surface area contributed by atoms with Crippen molar-refractivity contribution in [3.8, 4) is 0 Å². The predicted octanol–water partition coefficient (Wildman–Crippen LogP) is 2.56. The fourth-order valence-corrected chi connectivity index (χ4v) is 3.30. The summed E-state index contributed by atoms with van der Waals surface area (Å²) in [7, 11) is 1.93. The van der Waals surface area contributed by atoms with E-state index < -0.39 is 0 Å². The maximum Gasteiger partial charge on any atom is 0.254 e. The molecule has 1 amide bonds. The summed E-state index contributed by atoms with van der Waals surface area (Å²) >= 11 is 0. The van der Waals surface area contributed by atoms with Crippen LogP contribution < -0.4 is 0 Å². The van der Waals surface area contributed by atoms with Gasteiger partial charge in [-0.15, -0.1) is 0 Å². The van der Waals surface area contributed by atoms with Crippen molar-refractivity contribution in [2.75, 3.05) is 19.8 Å². The van der Waals surface area contributed by atoms with Gasteiger partial charge in [-0.2, -0.15) is 5.10 Å². The van der Waals surface area contributed by atoms with Crippen molar-refractivity contribution in [1.82, 2.24) is 14.7 Å². The number of hydrogen-bond donors (Lipinski definition) is 0. The van der Waals surface area contributed by atoms with Crippen LogP contribution in [0.5, 0.6) is 0 Å². The summed E-state index contributed by atoms with van der Waals surface area (Å²) in [6.45, 7) is 7.73. The lowest BCUT2D eigenvalue weighted by molar-refractivity contribution is -0.00305. The topological polar surface area (TPSA) is 47.4 Å². The van der Waals surface area contributed by atoms with Gasteiger partial charge in [0.25, 0.3) is 5.91 Å². The second kappa shape index (κ2) is 6.16. The van der Waals surface area contributed by atoms with Crippen molar-refractivity contribution in [3.05, 3.63) is 52.3 Å². The number of hydrogen-bond acceptors (Lipinski definition) is 3. The maximum atomic E-state index is 13.0. The van der Waals surface area contributed by atoms with Crippen LogP contribution in [0.3, 0.4) is 0 Å². The molecule has 0 N–H and O–H groups in total. The Labute approximate surface area is 136 Å². The monoisotopic (exact) mass is 313 g/mol. The van der Waals surface area contributed by atoms with Crippen molar-refractivity contribution < 1.29 is 9.53 Å². The van der Waals surface area contributed by atoms with Gasteiger partial charge >= 0.3 is 0 Å². The van der Waals surface area contributed by atoms with Gasteiger partial charge in [-0.05, 0) is 32.9 Å². The minimum absolute atomic E-state index is 0.0599. The number of benzene rings is 1. The number of carbonyl (C=O) groups excluding carboxylic acids is 1. The number of amides is 1. The van der Waals surface area contributed by atoms with Crippen molar-refractivity contribution >= 4 is 5.91 Å². The Bertz CT molecular complexity index is 736. The smallest absolute Gasteiger partial charge is 0.254 e. The lowest BCUT2D eigenvalue weighted by Gasteiger charge is -2.36. The first-order chi connectivity index (χ1) is 11.0. The summed E-state index contributed by atoms with van der Waals surface area (Å²) in [5.74, 6) is 0.0599. The molecule has 23 heavy (non-hydrogen) atoms. The first-order valence-electron chi connectivity index (χ1n) is 7.94. The van der Waals surface area contributed by atoms with Gasteiger partial charge in [0.15, 0.2) is 0 Å². The molecule has 1 fully saturated rings. The highest BCUT2D eigenvalue weighted by Crippen LogP contribution is 2.30. The maximum absolute atomic E-state index is 13.0. The molecule has 1 saturated heterocycles. The van der Waals surface area contributed by atoms with E-state index in [2.05, 4.69) is 5.10 Å². The highest BCUT2D eigenvalue weighted by Gasteiger charge is 2.32. The molecule has 0 saturated carbocycles. The molecule has 1 unspecified atom stereocenters. The summed E-state index contributed by atoms with van der Waals surface area (Å²) in [6.07, 6.45) is 0. The molecule has 2 aromatic rings. The Morgan fingerprint density at radius 3 is 2.74 bits per heavy atom. The zero-order chi connectivity index (χ0) is 16.6.